The Bertz CT molecular complexity index is 728. The maximum atomic E-state index is 12.5. The number of hydrogen-bond donors (Lipinski definition) is 2. The highest BCUT2D eigenvalue weighted by atomic mass is 16.5. The molecule has 0 fully saturated rings. The van der Waals surface area contributed by atoms with Crippen LogP contribution in [0.1, 0.15) is 105 Å². The van der Waals surface area contributed by atoms with Crippen molar-refractivity contribution in [1.82, 2.24) is 0 Å². The van der Waals surface area contributed by atoms with Crippen molar-refractivity contribution in [2.45, 2.75) is 106 Å². The first-order chi connectivity index (χ1) is 16.3. The molecule has 2 unspecified atom stereocenters. The molecule has 5 heteroatoms. The van der Waals surface area contributed by atoms with Crippen molar-refractivity contribution in [2.75, 3.05) is 6.61 Å². The molecule has 0 radical (unpaired) electrons. The van der Waals surface area contributed by atoms with Gasteiger partial charge in [0, 0.05) is 0 Å². The zero-order valence-electron chi connectivity index (χ0n) is 23.2. The Morgan fingerprint density at radius 1 is 0.800 bits per heavy atom. The fraction of sp³-hybridized carbons (Fsp3) is 0.733. The van der Waals surface area contributed by atoms with Gasteiger partial charge in [0.15, 0.2) is 0 Å². The van der Waals surface area contributed by atoms with Crippen molar-refractivity contribution in [3.63, 3.8) is 0 Å². The molecule has 5 nitrogen and oxygen atoms in total. The number of benzene rings is 1. The first-order valence-corrected chi connectivity index (χ1v) is 13.4. The molecule has 0 saturated heterocycles. The molecule has 0 amide bonds. The number of carboxylic acid groups (broad SMARTS) is 2. The third kappa shape index (κ3) is 10.3. The zero-order chi connectivity index (χ0) is 26.7. The second kappa shape index (κ2) is 14.0. The molecular formula is C30H50O5. The summed E-state index contributed by atoms with van der Waals surface area (Å²) in [5.74, 6) is -2.77. The van der Waals surface area contributed by atoms with Crippen LogP contribution in [0.5, 0.6) is 0 Å². The summed E-state index contributed by atoms with van der Waals surface area (Å²) >= 11 is 0. The number of carboxylic acids is 2. The Balaban J connectivity index is 3.25. The number of rotatable bonds is 18. The van der Waals surface area contributed by atoms with E-state index in [-0.39, 0.29) is 10.8 Å². The molecule has 35 heavy (non-hydrogen) atoms. The maximum Gasteiger partial charge on any atom is 0.307 e. The quantitative estimate of drug-likeness (QED) is 0.219. The highest BCUT2D eigenvalue weighted by Crippen LogP contribution is 2.46. The fourth-order valence-electron chi connectivity index (χ4n) is 5.19. The van der Waals surface area contributed by atoms with Crippen molar-refractivity contribution in [3.8, 4) is 0 Å². The molecule has 0 aliphatic carbocycles. The first kappa shape index (κ1) is 31.2. The third-order valence-electron chi connectivity index (χ3n) is 7.79. The molecule has 0 aromatic heterocycles. The topological polar surface area (TPSA) is 83.8 Å². The number of unbranched alkanes of at least 4 members (excludes halogenated alkanes) is 2. The van der Waals surface area contributed by atoms with Gasteiger partial charge in [0.05, 0.1) is 25.0 Å². The van der Waals surface area contributed by atoms with E-state index in [4.69, 9.17) is 4.74 Å². The second-order valence-electron chi connectivity index (χ2n) is 12.2. The van der Waals surface area contributed by atoms with E-state index in [0.29, 0.717) is 26.1 Å². The summed E-state index contributed by atoms with van der Waals surface area (Å²) in [6.07, 6.45) is 6.40. The van der Waals surface area contributed by atoms with E-state index in [1.165, 1.54) is 0 Å². The smallest absolute Gasteiger partial charge is 0.307 e. The lowest BCUT2D eigenvalue weighted by atomic mass is 9.62. The van der Waals surface area contributed by atoms with Gasteiger partial charge in [-0.25, -0.2) is 0 Å². The summed E-state index contributed by atoms with van der Waals surface area (Å²) in [6.45, 7) is 15.1. The van der Waals surface area contributed by atoms with Crippen molar-refractivity contribution >= 4 is 11.9 Å². The monoisotopic (exact) mass is 490 g/mol. The predicted octanol–water partition coefficient (Wildman–Crippen LogP) is 7.82. The number of hydrogen-bond acceptors (Lipinski definition) is 3. The van der Waals surface area contributed by atoms with E-state index >= 15 is 0 Å². The highest BCUT2D eigenvalue weighted by molar-refractivity contribution is 5.72. The summed E-state index contributed by atoms with van der Waals surface area (Å²) < 4.78 is 6.15. The minimum atomic E-state index is -0.808. The Hall–Kier alpha value is -1.88. The predicted molar refractivity (Wildman–Crippen MR) is 142 cm³/mol. The number of carbonyl (C=O) groups is 2. The lowest BCUT2D eigenvalue weighted by Gasteiger charge is -2.42. The number of ether oxygens (including phenoxy) is 1. The van der Waals surface area contributed by atoms with Crippen LogP contribution in [0.3, 0.4) is 0 Å². The summed E-state index contributed by atoms with van der Waals surface area (Å²) in [7, 11) is 0. The van der Waals surface area contributed by atoms with Crippen LogP contribution in [0.2, 0.25) is 0 Å². The van der Waals surface area contributed by atoms with Gasteiger partial charge in [0.25, 0.3) is 0 Å². The Labute approximate surface area is 213 Å². The van der Waals surface area contributed by atoms with Gasteiger partial charge in [-0.1, -0.05) is 104 Å². The van der Waals surface area contributed by atoms with Crippen LogP contribution < -0.4 is 0 Å². The Morgan fingerprint density at radius 2 is 1.23 bits per heavy atom. The molecule has 0 aliphatic heterocycles. The normalized spacial score (nSPS) is 15.9. The van der Waals surface area contributed by atoms with Crippen molar-refractivity contribution in [2.24, 2.45) is 28.1 Å². The largest absolute Gasteiger partial charge is 0.481 e. The molecule has 1 aromatic carbocycles. The third-order valence-corrected chi connectivity index (χ3v) is 7.79. The average Bonchev–Trinajstić information content (AvgIpc) is 2.79. The van der Waals surface area contributed by atoms with Crippen LogP contribution in [0.25, 0.3) is 0 Å². The van der Waals surface area contributed by atoms with Crippen molar-refractivity contribution < 1.29 is 24.5 Å². The van der Waals surface area contributed by atoms with Gasteiger partial charge in [-0.2, -0.15) is 0 Å². The van der Waals surface area contributed by atoms with E-state index < -0.39 is 29.2 Å². The molecule has 0 bridgehead atoms. The minimum absolute atomic E-state index is 0.323. The summed E-state index contributed by atoms with van der Waals surface area (Å²) in [5, 5.41) is 20.5. The molecule has 2 atom stereocenters. The van der Waals surface area contributed by atoms with Gasteiger partial charge in [-0.3, -0.25) is 9.59 Å². The van der Waals surface area contributed by atoms with Gasteiger partial charge in [-0.15, -0.1) is 0 Å². The van der Waals surface area contributed by atoms with Crippen LogP contribution in [0.4, 0.5) is 0 Å². The summed E-state index contributed by atoms with van der Waals surface area (Å²) in [6, 6.07) is 9.88. The standard InChI is InChI=1S/C30H50O5/c1-8-10-17-28(3,4)24(26(31)32)19-30(7,22-35-21-23-15-13-12-14-16-23)20-25(27(33)34)29(5,6)18-11-9-2/h12-16,24-25H,8-11,17-22H2,1-7H3,(H,31,32)(H,33,34). The average molecular weight is 491 g/mol. The van der Waals surface area contributed by atoms with E-state index in [0.717, 1.165) is 44.1 Å². The fourth-order valence-corrected chi connectivity index (χ4v) is 5.19. The molecule has 2 N–H and O–H groups in total. The van der Waals surface area contributed by atoms with E-state index in [1.54, 1.807) is 0 Å². The van der Waals surface area contributed by atoms with Crippen LogP contribution in [-0.2, 0) is 20.9 Å². The van der Waals surface area contributed by atoms with Crippen molar-refractivity contribution in [1.29, 1.82) is 0 Å². The van der Waals surface area contributed by atoms with Crippen LogP contribution in [-0.4, -0.2) is 28.8 Å². The highest BCUT2D eigenvalue weighted by Gasteiger charge is 2.45. The lowest BCUT2D eigenvalue weighted by molar-refractivity contribution is -0.151. The maximum absolute atomic E-state index is 12.5. The van der Waals surface area contributed by atoms with E-state index in [2.05, 4.69) is 13.8 Å². The zero-order valence-corrected chi connectivity index (χ0v) is 23.2. The van der Waals surface area contributed by atoms with Crippen molar-refractivity contribution in [3.05, 3.63) is 35.9 Å². The van der Waals surface area contributed by atoms with Crippen LogP contribution >= 0.6 is 0 Å². The molecule has 1 aromatic rings. The van der Waals surface area contributed by atoms with Crippen LogP contribution in [0, 0.1) is 28.1 Å². The van der Waals surface area contributed by atoms with Gasteiger partial charge in [0.1, 0.15) is 0 Å². The van der Waals surface area contributed by atoms with E-state index in [9.17, 15) is 19.8 Å². The molecule has 0 heterocycles. The van der Waals surface area contributed by atoms with Gasteiger partial charge >= 0.3 is 11.9 Å². The second-order valence-corrected chi connectivity index (χ2v) is 12.2. The summed E-state index contributed by atoms with van der Waals surface area (Å²) in [4.78, 5) is 25.0. The SMILES string of the molecule is CCCCC(C)(C)C(CC(C)(COCc1ccccc1)CC(C(=O)O)C(C)(C)CCCC)C(=O)O. The minimum Gasteiger partial charge on any atom is -0.481 e. The molecule has 200 valence electrons. The first-order valence-electron chi connectivity index (χ1n) is 13.4. The Morgan fingerprint density at radius 3 is 1.60 bits per heavy atom. The van der Waals surface area contributed by atoms with Crippen LogP contribution in [0.15, 0.2) is 30.3 Å². The van der Waals surface area contributed by atoms with Gasteiger partial charge in [0.2, 0.25) is 0 Å². The molecule has 0 aliphatic rings. The molecule has 0 saturated carbocycles. The lowest BCUT2D eigenvalue weighted by Crippen LogP contribution is -2.42. The molecule has 0 spiro atoms. The summed E-state index contributed by atoms with van der Waals surface area (Å²) in [5.41, 5.74) is -0.322. The molecular weight excluding hydrogens is 440 g/mol. The van der Waals surface area contributed by atoms with Gasteiger partial charge in [-0.05, 0) is 47.5 Å². The number of aliphatic carboxylic acids is 2. The van der Waals surface area contributed by atoms with Gasteiger partial charge < -0.3 is 14.9 Å². The molecule has 1 rings (SSSR count). The Kier molecular flexibility index (Phi) is 12.5. The van der Waals surface area contributed by atoms with E-state index in [1.807, 2.05) is 65.0 Å².